The molecule has 0 aromatic carbocycles. The van der Waals surface area contributed by atoms with Crippen molar-refractivity contribution in [2.24, 2.45) is 11.1 Å². The molecule has 0 aliphatic carbocycles. The van der Waals surface area contributed by atoms with Crippen molar-refractivity contribution in [3.63, 3.8) is 0 Å². The van der Waals surface area contributed by atoms with Crippen molar-refractivity contribution in [2.75, 3.05) is 33.0 Å². The van der Waals surface area contributed by atoms with Crippen LogP contribution >= 0.6 is 0 Å². The van der Waals surface area contributed by atoms with Gasteiger partial charge in [0.05, 0.1) is 44.2 Å². The molecule has 0 aromatic heterocycles. The van der Waals surface area contributed by atoms with Crippen LogP contribution < -0.4 is 5.73 Å². The highest BCUT2D eigenvalue weighted by Gasteiger charge is 2.28. The molecule has 5 heteroatoms. The lowest BCUT2D eigenvalue weighted by molar-refractivity contribution is -0.0680. The molecule has 2 heterocycles. The van der Waals surface area contributed by atoms with Gasteiger partial charge in [-0.05, 0) is 26.7 Å². The number of ether oxygens (including phenoxy) is 4. The lowest BCUT2D eigenvalue weighted by atomic mass is 9.90. The Balaban J connectivity index is 1.67. The zero-order valence-corrected chi connectivity index (χ0v) is 14.1. The number of rotatable bonds is 7. The maximum absolute atomic E-state index is 6.18. The van der Waals surface area contributed by atoms with Gasteiger partial charge in [0.2, 0.25) is 0 Å². The fourth-order valence-corrected chi connectivity index (χ4v) is 2.55. The summed E-state index contributed by atoms with van der Waals surface area (Å²) < 4.78 is 22.8. The highest BCUT2D eigenvalue weighted by molar-refractivity contribution is 5.03. The van der Waals surface area contributed by atoms with Gasteiger partial charge in [-0.3, -0.25) is 0 Å². The molecule has 0 amide bonds. The number of hydrogen-bond donors (Lipinski definition) is 1. The summed E-state index contributed by atoms with van der Waals surface area (Å²) in [5.74, 6) is 0. The average Bonchev–Trinajstić information content (AvgIpc) is 2.54. The van der Waals surface area contributed by atoms with Gasteiger partial charge in [0.25, 0.3) is 0 Å². The van der Waals surface area contributed by atoms with Gasteiger partial charge in [-0.25, -0.2) is 0 Å². The molecule has 0 spiro atoms. The molecule has 1 saturated heterocycles. The molecular formula is C17H31NO4. The molecule has 0 aromatic rings. The Kier molecular flexibility index (Phi) is 6.84. The molecule has 4 atom stereocenters. The normalized spacial score (nSPS) is 32.8. The molecule has 0 saturated carbocycles. The van der Waals surface area contributed by atoms with Crippen molar-refractivity contribution in [1.82, 2.24) is 0 Å². The van der Waals surface area contributed by atoms with E-state index in [9.17, 15) is 0 Å². The first-order valence-corrected chi connectivity index (χ1v) is 8.36. The van der Waals surface area contributed by atoms with Crippen molar-refractivity contribution < 1.29 is 18.9 Å². The van der Waals surface area contributed by atoms with E-state index in [4.69, 9.17) is 24.7 Å². The Labute approximate surface area is 134 Å². The van der Waals surface area contributed by atoms with Crippen LogP contribution in [0.3, 0.4) is 0 Å². The van der Waals surface area contributed by atoms with Crippen LogP contribution in [0.1, 0.15) is 33.6 Å². The van der Waals surface area contributed by atoms with Gasteiger partial charge in [0.15, 0.2) is 0 Å². The van der Waals surface area contributed by atoms with Crippen molar-refractivity contribution in [3.8, 4) is 0 Å². The van der Waals surface area contributed by atoms with E-state index in [2.05, 4.69) is 19.1 Å². The third kappa shape index (κ3) is 5.63. The van der Waals surface area contributed by atoms with E-state index in [0.29, 0.717) is 19.8 Å². The van der Waals surface area contributed by atoms with Gasteiger partial charge in [0, 0.05) is 18.6 Å². The highest BCUT2D eigenvalue weighted by atomic mass is 16.5. The third-order valence-electron chi connectivity index (χ3n) is 4.42. The summed E-state index contributed by atoms with van der Waals surface area (Å²) in [6.07, 6.45) is 6.63. The first-order chi connectivity index (χ1) is 10.5. The summed E-state index contributed by atoms with van der Waals surface area (Å²) >= 11 is 0. The molecule has 0 bridgehead atoms. The van der Waals surface area contributed by atoms with Crippen molar-refractivity contribution in [1.29, 1.82) is 0 Å². The quantitative estimate of drug-likeness (QED) is 0.727. The van der Waals surface area contributed by atoms with Crippen LogP contribution in [0.25, 0.3) is 0 Å². The van der Waals surface area contributed by atoms with E-state index < -0.39 is 0 Å². The maximum atomic E-state index is 6.18. The van der Waals surface area contributed by atoms with Crippen molar-refractivity contribution in [2.45, 2.75) is 58.0 Å². The molecule has 5 nitrogen and oxygen atoms in total. The standard InChI is InChI=1S/C17H31NO4/c1-13-4-7-17(3,11-21-13)12-22-14(2)16(18)10-20-15-5-8-19-9-6-15/h4,7,13-16H,5-6,8-12,18H2,1-3H3/t13?,14-,16-,17?/m1/s1. The summed E-state index contributed by atoms with van der Waals surface area (Å²) in [6.45, 7) is 9.61. The second kappa shape index (κ2) is 8.41. The van der Waals surface area contributed by atoms with Gasteiger partial charge in [-0.15, -0.1) is 0 Å². The molecule has 2 aliphatic heterocycles. The maximum Gasteiger partial charge on any atom is 0.0728 e. The topological polar surface area (TPSA) is 62.9 Å². The van der Waals surface area contributed by atoms with E-state index in [1.807, 2.05) is 13.8 Å². The van der Waals surface area contributed by atoms with Gasteiger partial charge in [0.1, 0.15) is 0 Å². The van der Waals surface area contributed by atoms with Crippen LogP contribution in [-0.2, 0) is 18.9 Å². The first-order valence-electron chi connectivity index (χ1n) is 8.36. The van der Waals surface area contributed by atoms with E-state index in [-0.39, 0.29) is 29.8 Å². The second-order valence-electron chi connectivity index (χ2n) is 6.85. The molecule has 2 rings (SSSR count). The Morgan fingerprint density at radius 1 is 1.36 bits per heavy atom. The lowest BCUT2D eigenvalue weighted by Gasteiger charge is -2.33. The lowest BCUT2D eigenvalue weighted by Crippen LogP contribution is -2.43. The van der Waals surface area contributed by atoms with Gasteiger partial charge >= 0.3 is 0 Å². The second-order valence-corrected chi connectivity index (χ2v) is 6.85. The van der Waals surface area contributed by atoms with E-state index in [1.54, 1.807) is 0 Å². The minimum Gasteiger partial charge on any atom is -0.381 e. The Morgan fingerprint density at radius 2 is 2.09 bits per heavy atom. The first kappa shape index (κ1) is 17.9. The monoisotopic (exact) mass is 313 g/mol. The summed E-state index contributed by atoms with van der Waals surface area (Å²) in [5, 5.41) is 0. The number of nitrogens with two attached hydrogens (primary N) is 1. The van der Waals surface area contributed by atoms with E-state index in [0.717, 1.165) is 26.1 Å². The van der Waals surface area contributed by atoms with Gasteiger partial charge in [-0.1, -0.05) is 19.1 Å². The Morgan fingerprint density at radius 3 is 2.73 bits per heavy atom. The van der Waals surface area contributed by atoms with Crippen molar-refractivity contribution in [3.05, 3.63) is 12.2 Å². The SMILES string of the molecule is CC1C=CC(C)(CO[C@H](C)[C@H](N)COC2CCOCC2)CO1. The molecule has 128 valence electrons. The van der Waals surface area contributed by atoms with E-state index >= 15 is 0 Å². The van der Waals surface area contributed by atoms with Crippen LogP contribution in [0, 0.1) is 5.41 Å². The van der Waals surface area contributed by atoms with Crippen LogP contribution in [0.2, 0.25) is 0 Å². The minimum atomic E-state index is -0.112. The zero-order valence-electron chi connectivity index (χ0n) is 14.1. The zero-order chi connectivity index (χ0) is 16.0. The van der Waals surface area contributed by atoms with E-state index in [1.165, 1.54) is 0 Å². The van der Waals surface area contributed by atoms with Gasteiger partial charge in [-0.2, -0.15) is 0 Å². The van der Waals surface area contributed by atoms with Crippen molar-refractivity contribution >= 4 is 0 Å². The highest BCUT2D eigenvalue weighted by Crippen LogP contribution is 2.25. The summed E-state index contributed by atoms with van der Waals surface area (Å²) in [6, 6.07) is -0.112. The summed E-state index contributed by atoms with van der Waals surface area (Å²) in [5.41, 5.74) is 6.12. The van der Waals surface area contributed by atoms with Crippen LogP contribution in [0.5, 0.6) is 0 Å². The van der Waals surface area contributed by atoms with Crippen LogP contribution in [0.15, 0.2) is 12.2 Å². The molecule has 2 aliphatic rings. The smallest absolute Gasteiger partial charge is 0.0728 e. The predicted octanol–water partition coefficient (Wildman–Crippen LogP) is 1.90. The minimum absolute atomic E-state index is 0.0376. The molecular weight excluding hydrogens is 282 g/mol. The van der Waals surface area contributed by atoms with Gasteiger partial charge < -0.3 is 24.7 Å². The largest absolute Gasteiger partial charge is 0.381 e. The number of hydrogen-bond acceptors (Lipinski definition) is 5. The summed E-state index contributed by atoms with van der Waals surface area (Å²) in [7, 11) is 0. The fourth-order valence-electron chi connectivity index (χ4n) is 2.55. The van der Waals surface area contributed by atoms with Crippen LogP contribution in [0.4, 0.5) is 0 Å². The third-order valence-corrected chi connectivity index (χ3v) is 4.42. The molecule has 2 unspecified atom stereocenters. The molecule has 22 heavy (non-hydrogen) atoms. The van der Waals surface area contributed by atoms with Crippen LogP contribution in [-0.4, -0.2) is 57.4 Å². The Bertz CT molecular complexity index is 357. The Hall–Kier alpha value is -0.460. The fraction of sp³-hybridized carbons (Fsp3) is 0.882. The molecule has 1 fully saturated rings. The predicted molar refractivity (Wildman–Crippen MR) is 85.8 cm³/mol. The molecule has 0 radical (unpaired) electrons. The summed E-state index contributed by atoms with van der Waals surface area (Å²) in [4.78, 5) is 0. The average molecular weight is 313 g/mol. The molecule has 2 N–H and O–H groups in total.